The minimum atomic E-state index is 0. The summed E-state index contributed by atoms with van der Waals surface area (Å²) in [4.78, 5) is 37.9. The molecule has 0 saturated heterocycles. The molecule has 0 aliphatic carbocycles. The van der Waals surface area contributed by atoms with Crippen LogP contribution < -0.4 is 15.0 Å². The average Bonchev–Trinajstić information content (AvgIpc) is 3.50. The van der Waals surface area contributed by atoms with Crippen molar-refractivity contribution in [1.29, 1.82) is 0 Å². The summed E-state index contributed by atoms with van der Waals surface area (Å²) in [5.41, 5.74) is 4.88. The summed E-state index contributed by atoms with van der Waals surface area (Å²) in [6, 6.07) is 0. The van der Waals surface area contributed by atoms with Crippen molar-refractivity contribution >= 4 is 70.1 Å². The van der Waals surface area contributed by atoms with Crippen LogP contribution in [0.15, 0.2) is 38.0 Å². The summed E-state index contributed by atoms with van der Waals surface area (Å²) in [6.45, 7) is 0. The molecule has 0 radical (unpaired) electrons. The summed E-state index contributed by atoms with van der Waals surface area (Å²) in [5, 5.41) is 0. The van der Waals surface area contributed by atoms with Gasteiger partial charge in [0.25, 0.3) is 0 Å². The molecule has 0 atom stereocenters. The van der Waals surface area contributed by atoms with Gasteiger partial charge in [0.1, 0.15) is 0 Å². The third kappa shape index (κ3) is 5.19. The van der Waals surface area contributed by atoms with Crippen LogP contribution in [0, 0.1) is 13.9 Å². The van der Waals surface area contributed by atoms with Crippen molar-refractivity contribution in [3.8, 4) is 0 Å². The Hall–Kier alpha value is -3.00. The molecule has 0 amide bonds. The van der Waals surface area contributed by atoms with E-state index in [4.69, 9.17) is 36.7 Å². The molecule has 0 aliphatic heterocycles. The van der Waals surface area contributed by atoms with Crippen LogP contribution in [0.1, 0.15) is 0 Å². The summed E-state index contributed by atoms with van der Waals surface area (Å²) in [5.74, 6) is 0. The number of imidazole rings is 3. The monoisotopic (exact) mass is 557 g/mol. The van der Waals surface area contributed by atoms with E-state index in [0.717, 1.165) is 33.5 Å². The summed E-state index contributed by atoms with van der Waals surface area (Å²) in [7, 11) is 0. The zero-order valence-corrected chi connectivity index (χ0v) is 19.9. The molecule has 6 heterocycles. The second-order valence-electron chi connectivity index (χ2n) is 5.66. The molecular formula is C15H15MoN12S3+3. The van der Waals surface area contributed by atoms with Crippen LogP contribution >= 0.6 is 36.7 Å². The summed E-state index contributed by atoms with van der Waals surface area (Å²) < 4.78 is 2.02. The molecule has 0 saturated carbocycles. The Morgan fingerprint density at radius 2 is 0.806 bits per heavy atom. The molecule has 12 nitrogen and oxygen atoms in total. The van der Waals surface area contributed by atoms with Gasteiger partial charge in [-0.05, 0) is 36.7 Å². The molecule has 0 unspecified atom stereocenters. The first-order chi connectivity index (χ1) is 14.6. The van der Waals surface area contributed by atoms with E-state index in [9.17, 15) is 0 Å². The van der Waals surface area contributed by atoms with Gasteiger partial charge in [0, 0.05) is 21.1 Å². The van der Waals surface area contributed by atoms with Crippen molar-refractivity contribution in [3.05, 3.63) is 51.9 Å². The predicted molar refractivity (Wildman–Crippen MR) is 114 cm³/mol. The molecule has 0 aliphatic rings. The van der Waals surface area contributed by atoms with Gasteiger partial charge in [0.2, 0.25) is 49.8 Å². The molecular weight excluding hydrogens is 540 g/mol. The quantitative estimate of drug-likeness (QED) is 0.122. The molecule has 0 bridgehead atoms. The van der Waals surface area contributed by atoms with Crippen LogP contribution in [-0.4, -0.2) is 44.9 Å². The van der Waals surface area contributed by atoms with Crippen molar-refractivity contribution in [1.82, 2.24) is 44.9 Å². The molecule has 9 N–H and O–H groups in total. The Bertz CT molecular complexity index is 1400. The molecule has 0 aromatic carbocycles. The van der Waals surface area contributed by atoms with Gasteiger partial charge in [0.15, 0.2) is 16.6 Å². The number of fused-ring (bicyclic) bond motifs is 3. The van der Waals surface area contributed by atoms with Crippen LogP contribution in [0.5, 0.6) is 0 Å². The Morgan fingerprint density at radius 1 is 0.516 bits per heavy atom. The van der Waals surface area contributed by atoms with E-state index >= 15 is 0 Å². The summed E-state index contributed by atoms with van der Waals surface area (Å²) in [6.07, 6.45) is 9.78. The van der Waals surface area contributed by atoms with E-state index in [2.05, 4.69) is 59.8 Å². The molecule has 0 spiro atoms. The standard InChI is InChI=1S/3C5H4N4S.Mo/c3*10-5-3-4(7-1-6-3)8-2-9-5;/h3*1-2H,(H2,6,7,8,9,10);/p+3. The Balaban J connectivity index is 0.000000130. The van der Waals surface area contributed by atoms with Crippen LogP contribution in [0.2, 0.25) is 0 Å². The first-order valence-corrected chi connectivity index (χ1v) is 9.63. The van der Waals surface area contributed by atoms with Gasteiger partial charge < -0.3 is 15.0 Å². The van der Waals surface area contributed by atoms with Gasteiger partial charge in [-0.15, -0.1) is 0 Å². The number of hydrogen-bond acceptors (Lipinski definition) is 6. The van der Waals surface area contributed by atoms with Gasteiger partial charge in [-0.2, -0.15) is 15.0 Å². The molecule has 6 aromatic rings. The normalized spacial score (nSPS) is 10.1. The zero-order valence-electron chi connectivity index (χ0n) is 15.4. The Labute approximate surface area is 202 Å². The van der Waals surface area contributed by atoms with E-state index in [1.165, 1.54) is 0 Å². The van der Waals surface area contributed by atoms with Gasteiger partial charge >= 0.3 is 0 Å². The Kier molecular flexibility index (Phi) is 7.57. The molecule has 16 heteroatoms. The van der Waals surface area contributed by atoms with Gasteiger partial charge in [-0.25, -0.2) is 29.9 Å². The smallest absolute Gasteiger partial charge is 0.249 e. The minimum absolute atomic E-state index is 0. The molecule has 0 fully saturated rings. The van der Waals surface area contributed by atoms with Gasteiger partial charge in [0.05, 0.1) is 19.0 Å². The van der Waals surface area contributed by atoms with E-state index < -0.39 is 0 Å². The number of H-pyrrole nitrogens is 9. The predicted octanol–water partition coefficient (Wildman–Crippen LogP) is 1.30. The fourth-order valence-corrected chi connectivity index (χ4v) is 3.10. The van der Waals surface area contributed by atoms with E-state index in [1.54, 1.807) is 38.0 Å². The molecule has 6 aromatic heterocycles. The maximum absolute atomic E-state index is 4.96. The van der Waals surface area contributed by atoms with E-state index in [-0.39, 0.29) is 21.1 Å². The molecule has 31 heavy (non-hydrogen) atoms. The maximum atomic E-state index is 4.96. The van der Waals surface area contributed by atoms with Crippen LogP contribution in [0.4, 0.5) is 0 Å². The van der Waals surface area contributed by atoms with Gasteiger partial charge in [-0.3, -0.25) is 0 Å². The fraction of sp³-hybridized carbons (Fsp3) is 0. The first kappa shape index (κ1) is 22.7. The zero-order chi connectivity index (χ0) is 20.9. The van der Waals surface area contributed by atoms with Gasteiger partial charge in [-0.1, -0.05) is 0 Å². The first-order valence-electron chi connectivity index (χ1n) is 8.41. The van der Waals surface area contributed by atoms with Crippen molar-refractivity contribution < 1.29 is 36.0 Å². The fourth-order valence-electron chi connectivity index (χ4n) is 2.46. The number of nitrogens with zero attached hydrogens (tertiary/aromatic N) is 3. The van der Waals surface area contributed by atoms with Crippen molar-refractivity contribution in [2.75, 3.05) is 0 Å². The van der Waals surface area contributed by atoms with Crippen LogP contribution in [0.25, 0.3) is 33.5 Å². The SMILES string of the molecule is S=c1[nH+]c[nH]c2nc[nH]c12.S=c1[nH+]c[nH]c2nc[nH]c12.S=c1[nH+]c[nH]c2nc[nH]c12.[Mo]. The van der Waals surface area contributed by atoms with E-state index in [1.807, 2.05) is 0 Å². The van der Waals surface area contributed by atoms with Crippen LogP contribution in [0.3, 0.4) is 0 Å². The third-order valence-electron chi connectivity index (χ3n) is 3.84. The third-order valence-corrected chi connectivity index (χ3v) is 4.80. The number of aromatic nitrogens is 12. The second kappa shape index (κ2) is 10.3. The average molecular weight is 556 g/mol. The number of rotatable bonds is 0. The minimum Gasteiger partial charge on any atom is -0.337 e. The van der Waals surface area contributed by atoms with E-state index in [0.29, 0.717) is 13.9 Å². The van der Waals surface area contributed by atoms with Crippen molar-refractivity contribution in [3.63, 3.8) is 0 Å². The van der Waals surface area contributed by atoms with Crippen molar-refractivity contribution in [2.45, 2.75) is 0 Å². The van der Waals surface area contributed by atoms with Crippen LogP contribution in [-0.2, 0) is 21.1 Å². The number of hydrogen-bond donors (Lipinski definition) is 6. The molecule has 6 rings (SSSR count). The number of aromatic amines is 9. The topological polar surface area (TPSA) is 176 Å². The number of nitrogens with one attached hydrogen (secondary N) is 9. The maximum Gasteiger partial charge on any atom is 0.249 e. The largest absolute Gasteiger partial charge is 0.337 e. The Morgan fingerprint density at radius 3 is 1.06 bits per heavy atom. The second-order valence-corrected chi connectivity index (χ2v) is 6.89. The molecule has 156 valence electrons. The summed E-state index contributed by atoms with van der Waals surface area (Å²) >= 11 is 14.9. The van der Waals surface area contributed by atoms with Crippen molar-refractivity contribution in [2.24, 2.45) is 0 Å².